The van der Waals surface area contributed by atoms with Crippen LogP contribution in [0.2, 0.25) is 0 Å². The van der Waals surface area contributed by atoms with Gasteiger partial charge in [-0.15, -0.1) is 0 Å². The molecule has 1 aromatic carbocycles. The zero-order valence-electron chi connectivity index (χ0n) is 22.9. The van der Waals surface area contributed by atoms with E-state index in [0.29, 0.717) is 16.8 Å². The largest absolute Gasteiger partial charge is 0.398 e. The second kappa shape index (κ2) is 15.5. The van der Waals surface area contributed by atoms with Gasteiger partial charge in [-0.05, 0) is 35.7 Å². The first-order valence-electron chi connectivity index (χ1n) is 11.9. The normalized spacial score (nSPS) is 14.7. The van der Waals surface area contributed by atoms with Crippen molar-refractivity contribution in [3.8, 4) is 0 Å². The maximum atomic E-state index is 13.5. The molecule has 0 radical (unpaired) electrons. The Kier molecular flexibility index (Phi) is 13.2. The minimum absolute atomic E-state index is 0.0125. The molecule has 1 aromatic rings. The fourth-order valence-electron chi connectivity index (χ4n) is 3.20. The predicted octanol–water partition coefficient (Wildman–Crippen LogP) is 1.43. The van der Waals surface area contributed by atoms with Crippen molar-refractivity contribution in [1.82, 2.24) is 15.0 Å². The lowest BCUT2D eigenvalue weighted by Crippen LogP contribution is -2.32. The van der Waals surface area contributed by atoms with Crippen LogP contribution in [0.15, 0.2) is 82.2 Å². The number of hydrogen-bond donors (Lipinski definition) is 6. The predicted molar refractivity (Wildman–Crippen MR) is 151 cm³/mol. The number of rotatable bonds is 15. The number of nitrogens with zero attached hydrogens (tertiary/aromatic N) is 4. The van der Waals surface area contributed by atoms with E-state index in [2.05, 4.69) is 39.3 Å². The van der Waals surface area contributed by atoms with Crippen molar-refractivity contribution in [3.63, 3.8) is 0 Å². The van der Waals surface area contributed by atoms with E-state index in [1.54, 1.807) is 13.8 Å². The van der Waals surface area contributed by atoms with Gasteiger partial charge in [0.25, 0.3) is 0 Å². The molecule has 0 aliphatic rings. The van der Waals surface area contributed by atoms with Crippen LogP contribution in [0.5, 0.6) is 0 Å². The maximum absolute atomic E-state index is 13.5. The highest BCUT2D eigenvalue weighted by molar-refractivity contribution is 7.88. The van der Waals surface area contributed by atoms with E-state index in [-0.39, 0.29) is 36.1 Å². The highest BCUT2D eigenvalue weighted by Crippen LogP contribution is 2.23. The molecule has 1 rings (SSSR count). The molecule has 8 N–H and O–H groups in total. The van der Waals surface area contributed by atoms with Gasteiger partial charge in [0.2, 0.25) is 15.9 Å². The molecule has 0 aliphatic carbocycles. The molecule has 0 spiro atoms. The molecule has 0 saturated carbocycles. The van der Waals surface area contributed by atoms with Gasteiger partial charge in [0, 0.05) is 24.7 Å². The third-order valence-electron chi connectivity index (χ3n) is 5.33. The Hall–Kier alpha value is -4.08. The Labute approximate surface area is 233 Å². The fourth-order valence-corrected chi connectivity index (χ4v) is 3.62. The number of aliphatic imine (C=N–C) groups is 1. The van der Waals surface area contributed by atoms with Crippen molar-refractivity contribution < 1.29 is 27.8 Å². The van der Waals surface area contributed by atoms with Crippen LogP contribution in [0.1, 0.15) is 32.3 Å². The standard InChI is InChI=1S/C25H37FN8O5S/c1-15(2)25(30-17(4)34(5)40(6,38)39)22(24(27)18-7-9-19(26)10-8-18)12-11-20(35)13-21(36)14-23(37)29-16(3)31-33-32-28/h7-12,15,20-21,35-36H,3-4,13-14,27H2,1-2,5-6H3,(H2,28,33)(H,29,37)(H,31,32)/b12-11+,24-22-,30-25?/t20-,21+/m0/s1. The molecule has 40 heavy (non-hydrogen) atoms. The molecule has 13 nitrogen and oxygen atoms in total. The Bertz CT molecular complexity index is 1290. The van der Waals surface area contributed by atoms with E-state index in [1.807, 2.05) is 0 Å². The number of nitrogens with two attached hydrogens (primary N) is 2. The summed E-state index contributed by atoms with van der Waals surface area (Å²) >= 11 is 0. The van der Waals surface area contributed by atoms with Crippen LogP contribution in [-0.2, 0) is 14.8 Å². The van der Waals surface area contributed by atoms with Crippen molar-refractivity contribution in [3.05, 3.63) is 78.2 Å². The van der Waals surface area contributed by atoms with Gasteiger partial charge >= 0.3 is 0 Å². The number of nitrogens with one attached hydrogen (secondary N) is 2. The van der Waals surface area contributed by atoms with Crippen LogP contribution in [0, 0.1) is 11.7 Å². The van der Waals surface area contributed by atoms with Gasteiger partial charge < -0.3 is 27.1 Å². The van der Waals surface area contributed by atoms with Crippen LogP contribution in [0.25, 0.3) is 5.70 Å². The number of aliphatic hydroxyl groups is 2. The summed E-state index contributed by atoms with van der Waals surface area (Å²) in [6.07, 6.45) is 0.789. The summed E-state index contributed by atoms with van der Waals surface area (Å²) in [5, 5.41) is 29.4. The minimum atomic E-state index is -3.64. The summed E-state index contributed by atoms with van der Waals surface area (Å²) in [5.41, 5.74) is 9.98. The first kappa shape index (κ1) is 33.9. The fraction of sp³-hybridized carbons (Fsp3) is 0.360. The van der Waals surface area contributed by atoms with Gasteiger partial charge in [-0.1, -0.05) is 49.6 Å². The van der Waals surface area contributed by atoms with E-state index >= 15 is 0 Å². The Morgan fingerprint density at radius 2 is 1.82 bits per heavy atom. The number of aliphatic hydroxyl groups excluding tert-OH is 2. The third-order valence-corrected chi connectivity index (χ3v) is 6.54. The van der Waals surface area contributed by atoms with Gasteiger partial charge in [0.05, 0.1) is 30.6 Å². The van der Waals surface area contributed by atoms with Gasteiger partial charge in [0.15, 0.2) is 0 Å². The molecule has 0 aliphatic heterocycles. The highest BCUT2D eigenvalue weighted by atomic mass is 32.2. The molecule has 0 bridgehead atoms. The highest BCUT2D eigenvalue weighted by Gasteiger charge is 2.20. The monoisotopic (exact) mass is 580 g/mol. The topological polar surface area (TPSA) is 208 Å². The van der Waals surface area contributed by atoms with Gasteiger partial charge in [-0.2, -0.15) is 0 Å². The molecule has 0 fully saturated rings. The summed E-state index contributed by atoms with van der Waals surface area (Å²) in [6.45, 7) is 10.8. The summed E-state index contributed by atoms with van der Waals surface area (Å²) in [6, 6.07) is 5.38. The molecule has 0 unspecified atom stereocenters. The average molecular weight is 581 g/mol. The van der Waals surface area contributed by atoms with E-state index in [0.717, 1.165) is 10.6 Å². The molecular weight excluding hydrogens is 543 g/mol. The number of carbonyl (C=O) groups is 1. The lowest BCUT2D eigenvalue weighted by molar-refractivity contribution is -0.122. The molecular formula is C25H37FN8O5S. The first-order chi connectivity index (χ1) is 18.6. The Balaban J connectivity index is 3.31. The molecule has 0 aromatic heterocycles. The van der Waals surface area contributed by atoms with Crippen molar-refractivity contribution in [2.75, 3.05) is 13.3 Å². The van der Waals surface area contributed by atoms with Crippen molar-refractivity contribution in [2.24, 2.45) is 32.9 Å². The molecule has 15 heteroatoms. The maximum Gasteiger partial charge on any atom is 0.233 e. The Morgan fingerprint density at radius 1 is 1.23 bits per heavy atom. The van der Waals surface area contributed by atoms with E-state index < -0.39 is 34.0 Å². The van der Waals surface area contributed by atoms with E-state index in [4.69, 9.17) is 11.6 Å². The van der Waals surface area contributed by atoms with Crippen molar-refractivity contribution >= 4 is 27.3 Å². The zero-order valence-corrected chi connectivity index (χ0v) is 23.7. The van der Waals surface area contributed by atoms with E-state index in [9.17, 15) is 27.8 Å². The second-order valence-electron chi connectivity index (χ2n) is 9.01. The van der Waals surface area contributed by atoms with Crippen LogP contribution in [0.4, 0.5) is 4.39 Å². The quantitative estimate of drug-likeness (QED) is 0.0586. The summed E-state index contributed by atoms with van der Waals surface area (Å²) in [7, 11) is -2.34. The van der Waals surface area contributed by atoms with Crippen molar-refractivity contribution in [1.29, 1.82) is 0 Å². The van der Waals surface area contributed by atoms with Gasteiger partial charge in [-0.3, -0.25) is 9.10 Å². The van der Waals surface area contributed by atoms with E-state index in [1.165, 1.54) is 43.5 Å². The van der Waals surface area contributed by atoms with Gasteiger partial charge in [0.1, 0.15) is 17.5 Å². The summed E-state index contributed by atoms with van der Waals surface area (Å²) < 4.78 is 38.4. The minimum Gasteiger partial charge on any atom is -0.398 e. The molecule has 2 atom stereocenters. The summed E-state index contributed by atoms with van der Waals surface area (Å²) in [4.78, 5) is 16.5. The number of allylic oxidation sites excluding steroid dienone is 2. The number of halogens is 1. The third kappa shape index (κ3) is 11.3. The molecule has 0 saturated heterocycles. The smallest absolute Gasteiger partial charge is 0.233 e. The molecule has 220 valence electrons. The number of sulfonamides is 1. The lowest BCUT2D eigenvalue weighted by atomic mass is 9.94. The van der Waals surface area contributed by atoms with Crippen LogP contribution in [-0.4, -0.2) is 60.1 Å². The van der Waals surface area contributed by atoms with Crippen LogP contribution < -0.4 is 22.3 Å². The lowest BCUT2D eigenvalue weighted by Gasteiger charge is -2.20. The van der Waals surface area contributed by atoms with Crippen molar-refractivity contribution in [2.45, 2.75) is 38.9 Å². The number of hydrogen-bond acceptors (Lipinski definition) is 9. The molecule has 0 heterocycles. The SMILES string of the molecule is C=C(N/N=N\N)NC(=O)C[C@H](O)C[C@@H](O)/C=C/C(C(=NC(=C)N(C)S(C)(=O)=O)C(C)C)=C(/N)c1ccc(F)cc1. The summed E-state index contributed by atoms with van der Waals surface area (Å²) in [5.74, 6) is 3.39. The number of amides is 1. The molecule has 1 amide bonds. The average Bonchev–Trinajstić information content (AvgIpc) is 2.85. The second-order valence-corrected chi connectivity index (χ2v) is 11.0. The number of carbonyl (C=O) groups excluding carboxylic acids is 1. The first-order valence-corrected chi connectivity index (χ1v) is 13.8. The van der Waals surface area contributed by atoms with Gasteiger partial charge in [-0.25, -0.2) is 23.2 Å². The zero-order chi connectivity index (χ0) is 30.6. The Morgan fingerprint density at radius 3 is 2.35 bits per heavy atom. The van der Waals surface area contributed by atoms with Crippen LogP contribution >= 0.6 is 0 Å². The van der Waals surface area contributed by atoms with Crippen LogP contribution in [0.3, 0.4) is 0 Å². The number of benzene rings is 1.